The molecule has 0 heterocycles. The number of benzene rings is 1. The number of carbonyl (C=O) groups excluding carboxylic acids is 1. The second kappa shape index (κ2) is 3.91. The predicted molar refractivity (Wildman–Crippen MR) is 49.1 cm³/mol. The van der Waals surface area contributed by atoms with Gasteiger partial charge in [-0.15, -0.1) is 0 Å². The molecule has 0 saturated heterocycles. The number of hydrogen-bond acceptors (Lipinski definition) is 3. The van der Waals surface area contributed by atoms with Gasteiger partial charge in [0.15, 0.2) is 0 Å². The van der Waals surface area contributed by atoms with E-state index in [0.717, 1.165) is 12.0 Å². The fourth-order valence-electron chi connectivity index (χ4n) is 1.06. The van der Waals surface area contributed by atoms with Gasteiger partial charge in [-0.25, -0.2) is 5.84 Å². The highest BCUT2D eigenvalue weighted by atomic mass is 16.3. The van der Waals surface area contributed by atoms with Crippen molar-refractivity contribution in [3.63, 3.8) is 0 Å². The number of amides is 1. The van der Waals surface area contributed by atoms with Crippen molar-refractivity contribution >= 4 is 5.91 Å². The standard InChI is InChI=1S/C9H12N2O2/c1-2-6-3-4-8(12)7(5-6)9(13)11-10/h3-5,12H,2,10H2,1H3,(H,11,13). The van der Waals surface area contributed by atoms with E-state index in [4.69, 9.17) is 5.84 Å². The Bertz CT molecular complexity index is 323. The molecular weight excluding hydrogens is 168 g/mol. The molecule has 1 rings (SSSR count). The molecule has 0 radical (unpaired) electrons. The third-order valence-corrected chi connectivity index (χ3v) is 1.84. The summed E-state index contributed by atoms with van der Waals surface area (Å²) < 4.78 is 0. The van der Waals surface area contributed by atoms with Gasteiger partial charge in [-0.3, -0.25) is 10.2 Å². The topological polar surface area (TPSA) is 75.3 Å². The second-order valence-electron chi connectivity index (χ2n) is 2.68. The van der Waals surface area contributed by atoms with Crippen molar-refractivity contribution in [2.45, 2.75) is 13.3 Å². The molecule has 0 aliphatic carbocycles. The minimum Gasteiger partial charge on any atom is -0.507 e. The van der Waals surface area contributed by atoms with Crippen LogP contribution in [0.15, 0.2) is 18.2 Å². The van der Waals surface area contributed by atoms with Crippen LogP contribution < -0.4 is 11.3 Å². The van der Waals surface area contributed by atoms with Gasteiger partial charge in [0.2, 0.25) is 0 Å². The molecular formula is C9H12N2O2. The first-order chi connectivity index (χ1) is 6.19. The van der Waals surface area contributed by atoms with Crippen LogP contribution in [0.3, 0.4) is 0 Å². The first-order valence-corrected chi connectivity index (χ1v) is 4.02. The van der Waals surface area contributed by atoms with Crippen LogP contribution in [0.25, 0.3) is 0 Å². The predicted octanol–water partition coefficient (Wildman–Crippen LogP) is 0.558. The molecule has 0 atom stereocenters. The zero-order valence-electron chi connectivity index (χ0n) is 7.37. The van der Waals surface area contributed by atoms with E-state index < -0.39 is 5.91 Å². The zero-order valence-corrected chi connectivity index (χ0v) is 7.37. The summed E-state index contributed by atoms with van der Waals surface area (Å²) in [6.07, 6.45) is 0.811. The lowest BCUT2D eigenvalue weighted by Gasteiger charge is -2.04. The Balaban J connectivity index is 3.11. The van der Waals surface area contributed by atoms with Crippen LogP contribution >= 0.6 is 0 Å². The maximum atomic E-state index is 11.1. The summed E-state index contributed by atoms with van der Waals surface area (Å²) in [7, 11) is 0. The molecule has 0 spiro atoms. The number of phenolic OH excluding ortho intramolecular Hbond substituents is 1. The van der Waals surface area contributed by atoms with Crippen molar-refractivity contribution in [2.24, 2.45) is 5.84 Å². The van der Waals surface area contributed by atoms with Gasteiger partial charge < -0.3 is 5.11 Å². The molecule has 1 amide bonds. The Hall–Kier alpha value is -1.55. The molecule has 70 valence electrons. The average molecular weight is 180 g/mol. The maximum Gasteiger partial charge on any atom is 0.268 e. The largest absolute Gasteiger partial charge is 0.507 e. The lowest BCUT2D eigenvalue weighted by atomic mass is 10.1. The van der Waals surface area contributed by atoms with Crippen LogP contribution in [0.2, 0.25) is 0 Å². The molecule has 4 nitrogen and oxygen atoms in total. The van der Waals surface area contributed by atoms with Gasteiger partial charge in [0.1, 0.15) is 5.75 Å². The Morgan fingerprint density at radius 1 is 1.62 bits per heavy atom. The van der Waals surface area contributed by atoms with E-state index >= 15 is 0 Å². The van der Waals surface area contributed by atoms with Crippen LogP contribution in [0.5, 0.6) is 5.75 Å². The van der Waals surface area contributed by atoms with Crippen LogP contribution in [-0.4, -0.2) is 11.0 Å². The molecule has 1 aromatic rings. The average Bonchev–Trinajstić information content (AvgIpc) is 2.17. The van der Waals surface area contributed by atoms with E-state index in [2.05, 4.69) is 0 Å². The van der Waals surface area contributed by atoms with Crippen LogP contribution in [0.4, 0.5) is 0 Å². The normalized spacial score (nSPS) is 9.69. The summed E-state index contributed by atoms with van der Waals surface area (Å²) >= 11 is 0. The number of carbonyl (C=O) groups is 1. The molecule has 4 heteroatoms. The number of hydrogen-bond donors (Lipinski definition) is 3. The van der Waals surface area contributed by atoms with Crippen LogP contribution in [0, 0.1) is 0 Å². The quantitative estimate of drug-likeness (QED) is 0.353. The molecule has 0 unspecified atom stereocenters. The van der Waals surface area contributed by atoms with E-state index in [9.17, 15) is 9.90 Å². The summed E-state index contributed by atoms with van der Waals surface area (Å²) in [5.74, 6) is 4.42. The van der Waals surface area contributed by atoms with Crippen LogP contribution in [-0.2, 0) is 6.42 Å². The van der Waals surface area contributed by atoms with E-state index in [1.165, 1.54) is 6.07 Å². The van der Waals surface area contributed by atoms with Gasteiger partial charge >= 0.3 is 0 Å². The van der Waals surface area contributed by atoms with Gasteiger partial charge in [-0.2, -0.15) is 0 Å². The van der Waals surface area contributed by atoms with Gasteiger partial charge in [0.25, 0.3) is 5.91 Å². The van der Waals surface area contributed by atoms with Crippen LogP contribution in [0.1, 0.15) is 22.8 Å². The summed E-state index contributed by atoms with van der Waals surface area (Å²) in [6, 6.07) is 4.88. The molecule has 0 aliphatic heterocycles. The third-order valence-electron chi connectivity index (χ3n) is 1.84. The van der Waals surface area contributed by atoms with Crippen molar-refractivity contribution in [1.29, 1.82) is 0 Å². The molecule has 0 aromatic heterocycles. The Morgan fingerprint density at radius 2 is 2.31 bits per heavy atom. The smallest absolute Gasteiger partial charge is 0.268 e. The number of phenols is 1. The van der Waals surface area contributed by atoms with Gasteiger partial charge in [0, 0.05) is 0 Å². The number of aryl methyl sites for hydroxylation is 1. The van der Waals surface area contributed by atoms with Crippen molar-refractivity contribution in [3.8, 4) is 5.75 Å². The monoisotopic (exact) mass is 180 g/mol. The number of nitrogens with one attached hydrogen (secondary N) is 1. The molecule has 0 bridgehead atoms. The summed E-state index contributed by atoms with van der Waals surface area (Å²) in [6.45, 7) is 1.97. The summed E-state index contributed by atoms with van der Waals surface area (Å²) in [5.41, 5.74) is 3.17. The van der Waals surface area contributed by atoms with Crippen molar-refractivity contribution in [3.05, 3.63) is 29.3 Å². The minimum absolute atomic E-state index is 0.0554. The number of aromatic hydroxyl groups is 1. The molecule has 0 aliphatic rings. The Labute approximate surface area is 76.3 Å². The third kappa shape index (κ3) is 1.97. The van der Waals surface area contributed by atoms with E-state index in [1.54, 1.807) is 12.1 Å². The lowest BCUT2D eigenvalue weighted by molar-refractivity contribution is 0.0951. The van der Waals surface area contributed by atoms with Crippen molar-refractivity contribution in [1.82, 2.24) is 5.43 Å². The highest BCUT2D eigenvalue weighted by molar-refractivity contribution is 5.96. The Kier molecular flexibility index (Phi) is 2.87. The summed E-state index contributed by atoms with van der Waals surface area (Å²) in [4.78, 5) is 11.1. The van der Waals surface area contributed by atoms with Crippen molar-refractivity contribution < 1.29 is 9.90 Å². The highest BCUT2D eigenvalue weighted by Crippen LogP contribution is 2.18. The molecule has 0 fully saturated rings. The van der Waals surface area contributed by atoms with E-state index in [-0.39, 0.29) is 11.3 Å². The van der Waals surface area contributed by atoms with E-state index in [0.29, 0.717) is 0 Å². The molecule has 4 N–H and O–H groups in total. The number of nitrogens with two attached hydrogens (primary N) is 1. The van der Waals surface area contributed by atoms with E-state index in [1.807, 2.05) is 12.3 Å². The highest BCUT2D eigenvalue weighted by Gasteiger charge is 2.09. The maximum absolute atomic E-state index is 11.1. The van der Waals surface area contributed by atoms with Gasteiger partial charge in [-0.1, -0.05) is 13.0 Å². The lowest BCUT2D eigenvalue weighted by Crippen LogP contribution is -2.30. The number of nitrogen functional groups attached to an aromatic ring is 1. The second-order valence-corrected chi connectivity index (χ2v) is 2.68. The molecule has 1 aromatic carbocycles. The fraction of sp³-hybridized carbons (Fsp3) is 0.222. The van der Waals surface area contributed by atoms with Gasteiger partial charge in [0.05, 0.1) is 5.56 Å². The fourth-order valence-corrected chi connectivity index (χ4v) is 1.06. The van der Waals surface area contributed by atoms with Gasteiger partial charge in [-0.05, 0) is 24.1 Å². The first kappa shape index (κ1) is 9.54. The molecule has 13 heavy (non-hydrogen) atoms. The Morgan fingerprint density at radius 3 is 2.85 bits per heavy atom. The zero-order chi connectivity index (χ0) is 9.84. The SMILES string of the molecule is CCc1ccc(O)c(C(=O)NN)c1. The summed E-state index contributed by atoms with van der Waals surface area (Å²) in [5, 5.41) is 9.32. The minimum atomic E-state index is -0.479. The number of hydrazine groups is 1. The van der Waals surface area contributed by atoms with Crippen molar-refractivity contribution in [2.75, 3.05) is 0 Å². The molecule has 0 saturated carbocycles. The number of rotatable bonds is 2. The first-order valence-electron chi connectivity index (χ1n) is 4.02.